The molecule has 0 unspecified atom stereocenters. The summed E-state index contributed by atoms with van der Waals surface area (Å²) in [4.78, 5) is 16.7. The van der Waals surface area contributed by atoms with Crippen molar-refractivity contribution in [2.45, 2.75) is 37.7 Å². The molecular weight excluding hydrogens is 351 g/mol. The highest BCUT2D eigenvalue weighted by atomic mass is 32.2. The number of esters is 1. The highest BCUT2D eigenvalue weighted by Gasteiger charge is 2.17. The first kappa shape index (κ1) is 18.5. The molecule has 0 fully saturated rings. The molecule has 0 radical (unpaired) electrons. The van der Waals surface area contributed by atoms with Gasteiger partial charge >= 0.3 is 5.97 Å². The fraction of sp³-hybridized carbons (Fsp3) is 0.300. The lowest BCUT2D eigenvalue weighted by Crippen LogP contribution is -2.04. The van der Waals surface area contributed by atoms with Crippen LogP contribution in [0.5, 0.6) is 0 Å². The van der Waals surface area contributed by atoms with Crippen LogP contribution in [0.15, 0.2) is 47.6 Å². The summed E-state index contributed by atoms with van der Waals surface area (Å²) < 4.78 is 20.3. The van der Waals surface area contributed by atoms with Crippen molar-refractivity contribution >= 4 is 28.8 Å². The molecule has 0 amide bonds. The van der Waals surface area contributed by atoms with E-state index < -0.39 is 0 Å². The van der Waals surface area contributed by atoms with Gasteiger partial charge in [-0.3, -0.25) is 0 Å². The zero-order valence-corrected chi connectivity index (χ0v) is 15.8. The van der Waals surface area contributed by atoms with Crippen molar-refractivity contribution < 1.29 is 13.9 Å². The summed E-state index contributed by atoms with van der Waals surface area (Å²) >= 11 is 1.62. The van der Waals surface area contributed by atoms with Crippen molar-refractivity contribution in [3.8, 4) is 0 Å². The molecule has 4 nitrogen and oxygen atoms in total. The standard InChI is InChI=1S/C20H21FN2O2S/c1-4-23-18-11-8-15(19(24)25-5-2)12-17(18)22-20(23)26-13(3)14-6-9-16(21)10-7-14/h6-13H,4-5H2,1-3H3/t13-/m1/s1. The molecule has 0 saturated carbocycles. The Labute approximate surface area is 156 Å². The van der Waals surface area contributed by atoms with E-state index in [9.17, 15) is 9.18 Å². The Hall–Kier alpha value is -2.34. The number of carbonyl (C=O) groups is 1. The number of halogens is 1. The number of imidazole rings is 1. The van der Waals surface area contributed by atoms with E-state index in [1.165, 1.54) is 12.1 Å². The van der Waals surface area contributed by atoms with Gasteiger partial charge in [0.05, 0.1) is 23.2 Å². The Morgan fingerprint density at radius 2 is 1.96 bits per heavy atom. The number of fused-ring (bicyclic) bond motifs is 1. The fourth-order valence-corrected chi connectivity index (χ4v) is 3.92. The summed E-state index contributed by atoms with van der Waals surface area (Å²) in [5, 5.41) is 1.00. The molecule has 0 spiro atoms. The van der Waals surface area contributed by atoms with Crippen LogP contribution in [-0.2, 0) is 11.3 Å². The smallest absolute Gasteiger partial charge is 0.338 e. The second-order valence-corrected chi connectivity index (χ2v) is 7.18. The summed E-state index contributed by atoms with van der Waals surface area (Å²) in [6.07, 6.45) is 0. The number of hydrogen-bond acceptors (Lipinski definition) is 4. The number of thioether (sulfide) groups is 1. The third-order valence-corrected chi connectivity index (χ3v) is 5.31. The SMILES string of the molecule is CCOC(=O)c1ccc2c(c1)nc(S[C@H](C)c1ccc(F)cc1)n2CC. The van der Waals surface area contributed by atoms with Crippen molar-refractivity contribution in [2.75, 3.05) is 6.61 Å². The molecule has 0 aliphatic heterocycles. The molecule has 0 N–H and O–H groups in total. The van der Waals surface area contributed by atoms with Crippen molar-refractivity contribution in [2.24, 2.45) is 0 Å². The van der Waals surface area contributed by atoms with E-state index in [0.29, 0.717) is 12.2 Å². The third kappa shape index (κ3) is 3.75. The second-order valence-electron chi connectivity index (χ2n) is 5.87. The highest BCUT2D eigenvalue weighted by molar-refractivity contribution is 7.99. The lowest BCUT2D eigenvalue weighted by atomic mass is 10.2. The Kier molecular flexibility index (Phi) is 5.61. The summed E-state index contributed by atoms with van der Waals surface area (Å²) in [5.41, 5.74) is 3.29. The number of benzene rings is 2. The van der Waals surface area contributed by atoms with E-state index in [0.717, 1.165) is 28.3 Å². The lowest BCUT2D eigenvalue weighted by molar-refractivity contribution is 0.0526. The summed E-state index contributed by atoms with van der Waals surface area (Å²) in [5.74, 6) is -0.576. The molecule has 3 rings (SSSR count). The predicted octanol–water partition coefficient (Wildman–Crippen LogP) is 5.23. The van der Waals surface area contributed by atoms with Crippen LogP contribution < -0.4 is 0 Å². The Balaban J connectivity index is 1.92. The van der Waals surface area contributed by atoms with E-state index in [1.54, 1.807) is 43.0 Å². The fourth-order valence-electron chi connectivity index (χ4n) is 2.80. The van der Waals surface area contributed by atoms with Crippen LogP contribution in [0, 0.1) is 5.82 Å². The van der Waals surface area contributed by atoms with Crippen molar-refractivity contribution in [1.82, 2.24) is 9.55 Å². The summed E-state index contributed by atoms with van der Waals surface area (Å²) in [6.45, 7) is 7.03. The summed E-state index contributed by atoms with van der Waals surface area (Å²) in [6, 6.07) is 12.0. The van der Waals surface area contributed by atoms with E-state index in [1.807, 2.05) is 6.07 Å². The highest BCUT2D eigenvalue weighted by Crippen LogP contribution is 2.36. The topological polar surface area (TPSA) is 44.1 Å². The first-order valence-electron chi connectivity index (χ1n) is 8.63. The average molecular weight is 372 g/mol. The number of rotatable bonds is 6. The van der Waals surface area contributed by atoms with Crippen LogP contribution in [0.3, 0.4) is 0 Å². The number of ether oxygens (including phenoxy) is 1. The van der Waals surface area contributed by atoms with Gasteiger partial charge in [-0.1, -0.05) is 23.9 Å². The van der Waals surface area contributed by atoms with Crippen LogP contribution in [0.25, 0.3) is 11.0 Å². The summed E-state index contributed by atoms with van der Waals surface area (Å²) in [7, 11) is 0. The average Bonchev–Trinajstić information content (AvgIpc) is 2.98. The van der Waals surface area contributed by atoms with Crippen LogP contribution in [-0.4, -0.2) is 22.1 Å². The van der Waals surface area contributed by atoms with Crippen molar-refractivity contribution in [3.63, 3.8) is 0 Å². The van der Waals surface area contributed by atoms with Crippen LogP contribution in [0.4, 0.5) is 4.39 Å². The maximum absolute atomic E-state index is 13.1. The Morgan fingerprint density at radius 1 is 1.23 bits per heavy atom. The molecule has 0 bridgehead atoms. The van der Waals surface area contributed by atoms with Gasteiger partial charge in [-0.2, -0.15) is 0 Å². The molecule has 26 heavy (non-hydrogen) atoms. The third-order valence-electron chi connectivity index (χ3n) is 4.16. The minimum absolute atomic E-state index is 0.127. The maximum atomic E-state index is 13.1. The molecular formula is C20H21FN2O2S. The van der Waals surface area contributed by atoms with Crippen molar-refractivity contribution in [1.29, 1.82) is 0 Å². The lowest BCUT2D eigenvalue weighted by Gasteiger charge is -2.12. The molecule has 1 atom stereocenters. The zero-order chi connectivity index (χ0) is 18.7. The first-order chi connectivity index (χ1) is 12.5. The zero-order valence-electron chi connectivity index (χ0n) is 15.0. The second kappa shape index (κ2) is 7.91. The van der Waals surface area contributed by atoms with Gasteiger partial charge in [0.1, 0.15) is 5.82 Å². The van der Waals surface area contributed by atoms with Gasteiger partial charge in [-0.25, -0.2) is 14.2 Å². The van der Waals surface area contributed by atoms with Gasteiger partial charge in [-0.05, 0) is 56.7 Å². The Bertz CT molecular complexity index is 921. The predicted molar refractivity (Wildman–Crippen MR) is 102 cm³/mol. The first-order valence-corrected chi connectivity index (χ1v) is 9.51. The molecule has 2 aromatic carbocycles. The Morgan fingerprint density at radius 3 is 2.62 bits per heavy atom. The number of aryl methyl sites for hydroxylation is 1. The minimum atomic E-state index is -0.339. The van der Waals surface area contributed by atoms with Gasteiger partial charge in [0, 0.05) is 11.8 Å². The monoisotopic (exact) mass is 372 g/mol. The molecule has 1 aromatic heterocycles. The normalized spacial score (nSPS) is 12.3. The largest absolute Gasteiger partial charge is 0.462 e. The van der Waals surface area contributed by atoms with Crippen LogP contribution in [0.2, 0.25) is 0 Å². The van der Waals surface area contributed by atoms with Gasteiger partial charge < -0.3 is 9.30 Å². The van der Waals surface area contributed by atoms with E-state index in [4.69, 9.17) is 9.72 Å². The molecule has 6 heteroatoms. The van der Waals surface area contributed by atoms with E-state index in [2.05, 4.69) is 18.4 Å². The number of carbonyl (C=O) groups excluding carboxylic acids is 1. The maximum Gasteiger partial charge on any atom is 0.338 e. The quantitative estimate of drug-likeness (QED) is 0.439. The molecule has 0 aliphatic rings. The molecule has 0 aliphatic carbocycles. The molecule has 136 valence electrons. The number of hydrogen-bond donors (Lipinski definition) is 0. The van der Waals surface area contributed by atoms with E-state index in [-0.39, 0.29) is 17.0 Å². The number of aromatic nitrogens is 2. The molecule has 3 aromatic rings. The van der Waals surface area contributed by atoms with Gasteiger partial charge in [-0.15, -0.1) is 0 Å². The molecule has 1 heterocycles. The number of nitrogens with zero attached hydrogens (tertiary/aromatic N) is 2. The van der Waals surface area contributed by atoms with E-state index >= 15 is 0 Å². The molecule has 0 saturated heterocycles. The van der Waals surface area contributed by atoms with Gasteiger partial charge in [0.15, 0.2) is 5.16 Å². The van der Waals surface area contributed by atoms with Crippen LogP contribution >= 0.6 is 11.8 Å². The van der Waals surface area contributed by atoms with Crippen molar-refractivity contribution in [3.05, 3.63) is 59.4 Å². The van der Waals surface area contributed by atoms with Crippen LogP contribution in [0.1, 0.15) is 41.9 Å². The van der Waals surface area contributed by atoms with Gasteiger partial charge in [0.2, 0.25) is 0 Å². The van der Waals surface area contributed by atoms with Gasteiger partial charge in [0.25, 0.3) is 0 Å². The minimum Gasteiger partial charge on any atom is -0.462 e.